The summed E-state index contributed by atoms with van der Waals surface area (Å²) in [6.45, 7) is 0. The second-order valence-corrected chi connectivity index (χ2v) is 4.64. The molecule has 0 bridgehead atoms. The number of nitrogens with zero attached hydrogens (tertiary/aromatic N) is 3. The molecule has 0 radical (unpaired) electrons. The molecule has 3 rings (SSSR count). The highest BCUT2D eigenvalue weighted by Gasteiger charge is 2.14. The van der Waals surface area contributed by atoms with Gasteiger partial charge < -0.3 is 5.73 Å². The van der Waals surface area contributed by atoms with E-state index < -0.39 is 4.92 Å². The minimum Gasteiger partial charge on any atom is -0.368 e. The smallest absolute Gasteiger partial charge is 0.270 e. The van der Waals surface area contributed by atoms with E-state index in [0.29, 0.717) is 11.3 Å². The van der Waals surface area contributed by atoms with E-state index in [1.165, 1.54) is 12.1 Å². The summed E-state index contributed by atoms with van der Waals surface area (Å²) in [7, 11) is 0. The molecular formula is C15H12N4O2. The van der Waals surface area contributed by atoms with Crippen LogP contribution in [-0.4, -0.2) is 14.9 Å². The zero-order valence-electron chi connectivity index (χ0n) is 11.0. The molecule has 0 unspecified atom stereocenters. The summed E-state index contributed by atoms with van der Waals surface area (Å²) < 4.78 is 0. The van der Waals surface area contributed by atoms with Gasteiger partial charge in [0.05, 0.1) is 16.3 Å². The van der Waals surface area contributed by atoms with Gasteiger partial charge in [-0.25, -0.2) is 9.97 Å². The molecule has 1 aromatic carbocycles. The van der Waals surface area contributed by atoms with Crippen LogP contribution in [0.15, 0.2) is 54.6 Å². The van der Waals surface area contributed by atoms with E-state index in [1.54, 1.807) is 18.2 Å². The van der Waals surface area contributed by atoms with Crippen molar-refractivity contribution < 1.29 is 4.92 Å². The molecule has 0 aliphatic heterocycles. The van der Waals surface area contributed by atoms with Crippen molar-refractivity contribution in [3.05, 3.63) is 70.4 Å². The molecule has 0 spiro atoms. The van der Waals surface area contributed by atoms with Crippen molar-refractivity contribution in [2.45, 2.75) is 5.92 Å². The van der Waals surface area contributed by atoms with Crippen LogP contribution in [0.4, 0.5) is 11.6 Å². The first-order valence-corrected chi connectivity index (χ1v) is 6.38. The first kappa shape index (κ1) is 13.0. The maximum absolute atomic E-state index is 10.9. The zero-order chi connectivity index (χ0) is 14.8. The summed E-state index contributed by atoms with van der Waals surface area (Å²) in [5.41, 5.74) is 7.77. The molecule has 0 saturated carbocycles. The average Bonchev–Trinajstić information content (AvgIpc) is 3.01. The van der Waals surface area contributed by atoms with E-state index in [0.717, 1.165) is 5.69 Å². The molecule has 0 fully saturated rings. The summed E-state index contributed by atoms with van der Waals surface area (Å²) in [4.78, 5) is 18.8. The number of nitrogens with two attached hydrogens (primary N) is 1. The number of benzene rings is 1. The number of hydrogen-bond acceptors (Lipinski definition) is 5. The lowest BCUT2D eigenvalue weighted by atomic mass is 10.0. The van der Waals surface area contributed by atoms with Crippen molar-refractivity contribution in [2.24, 2.45) is 0 Å². The number of anilines is 1. The predicted octanol–water partition coefficient (Wildman–Crippen LogP) is 2.84. The van der Waals surface area contributed by atoms with Crippen molar-refractivity contribution in [1.82, 2.24) is 9.97 Å². The predicted molar refractivity (Wildman–Crippen MR) is 79.6 cm³/mol. The normalized spacial score (nSPS) is 13.7. The number of allylic oxidation sites excluding steroid dienone is 4. The van der Waals surface area contributed by atoms with Crippen molar-refractivity contribution in [3.8, 4) is 11.3 Å². The molecule has 1 aromatic heterocycles. The van der Waals surface area contributed by atoms with Crippen LogP contribution < -0.4 is 5.73 Å². The molecule has 1 aliphatic rings. The van der Waals surface area contributed by atoms with Crippen molar-refractivity contribution >= 4 is 11.6 Å². The Hall–Kier alpha value is -3.02. The Balaban J connectivity index is 2.06. The van der Waals surface area contributed by atoms with E-state index in [1.807, 2.05) is 24.3 Å². The number of rotatable bonds is 3. The third-order valence-corrected chi connectivity index (χ3v) is 3.21. The summed E-state index contributed by atoms with van der Waals surface area (Å²) in [6, 6.07) is 8.11. The summed E-state index contributed by atoms with van der Waals surface area (Å²) >= 11 is 0. The number of nitrogen functional groups attached to an aromatic ring is 1. The Morgan fingerprint density at radius 2 is 1.90 bits per heavy atom. The largest absolute Gasteiger partial charge is 0.368 e. The fraction of sp³-hybridized carbons (Fsp3) is 0.0667. The first-order valence-electron chi connectivity index (χ1n) is 6.38. The van der Waals surface area contributed by atoms with Crippen LogP contribution in [0, 0.1) is 10.1 Å². The Bertz CT molecular complexity index is 756. The Morgan fingerprint density at radius 3 is 2.62 bits per heavy atom. The van der Waals surface area contributed by atoms with Gasteiger partial charge >= 0.3 is 0 Å². The molecule has 6 nitrogen and oxygen atoms in total. The molecule has 6 heteroatoms. The molecule has 1 aliphatic carbocycles. The second-order valence-electron chi connectivity index (χ2n) is 4.64. The standard InChI is InChI=1S/C15H12N4O2/c16-15-17-13(10-4-1-2-5-10)9-14(18-15)11-6-3-7-12(8-11)19(20)21/h1-10H,(H2,16,17,18). The van der Waals surface area contributed by atoms with Crippen LogP contribution in [-0.2, 0) is 0 Å². The molecule has 2 aromatic rings. The van der Waals surface area contributed by atoms with Gasteiger partial charge in [0.2, 0.25) is 5.95 Å². The van der Waals surface area contributed by atoms with Gasteiger partial charge in [-0.2, -0.15) is 0 Å². The Labute approximate surface area is 120 Å². The highest BCUT2D eigenvalue weighted by atomic mass is 16.6. The van der Waals surface area contributed by atoms with Gasteiger partial charge in [-0.1, -0.05) is 36.4 Å². The summed E-state index contributed by atoms with van der Waals surface area (Å²) in [5, 5.41) is 10.9. The minimum atomic E-state index is -0.433. The molecule has 0 saturated heterocycles. The highest BCUT2D eigenvalue weighted by molar-refractivity contribution is 5.64. The molecule has 0 atom stereocenters. The Morgan fingerprint density at radius 1 is 1.14 bits per heavy atom. The number of nitro benzene ring substituents is 1. The lowest BCUT2D eigenvalue weighted by molar-refractivity contribution is -0.384. The first-order chi connectivity index (χ1) is 10.1. The van der Waals surface area contributed by atoms with E-state index in [-0.39, 0.29) is 17.6 Å². The lowest BCUT2D eigenvalue weighted by Crippen LogP contribution is -2.03. The molecule has 21 heavy (non-hydrogen) atoms. The van der Waals surface area contributed by atoms with Gasteiger partial charge in [0.1, 0.15) is 0 Å². The maximum atomic E-state index is 10.9. The van der Waals surface area contributed by atoms with Crippen LogP contribution in [0.5, 0.6) is 0 Å². The van der Waals surface area contributed by atoms with Gasteiger partial charge in [0, 0.05) is 23.6 Å². The summed E-state index contributed by atoms with van der Waals surface area (Å²) in [6.07, 6.45) is 7.88. The van der Waals surface area contributed by atoms with Gasteiger partial charge in [-0.05, 0) is 6.07 Å². The zero-order valence-corrected chi connectivity index (χ0v) is 11.0. The highest BCUT2D eigenvalue weighted by Crippen LogP contribution is 2.27. The maximum Gasteiger partial charge on any atom is 0.270 e. The van der Waals surface area contributed by atoms with Crippen LogP contribution >= 0.6 is 0 Å². The number of aromatic nitrogens is 2. The van der Waals surface area contributed by atoms with Gasteiger partial charge in [-0.15, -0.1) is 0 Å². The van der Waals surface area contributed by atoms with Crippen LogP contribution in [0.3, 0.4) is 0 Å². The van der Waals surface area contributed by atoms with E-state index in [2.05, 4.69) is 9.97 Å². The summed E-state index contributed by atoms with van der Waals surface area (Å²) in [5.74, 6) is 0.218. The van der Waals surface area contributed by atoms with E-state index >= 15 is 0 Å². The van der Waals surface area contributed by atoms with E-state index in [4.69, 9.17) is 5.73 Å². The number of nitro groups is 1. The molecule has 0 amide bonds. The molecule has 1 heterocycles. The third-order valence-electron chi connectivity index (χ3n) is 3.21. The average molecular weight is 280 g/mol. The quantitative estimate of drug-likeness (QED) is 0.689. The SMILES string of the molecule is Nc1nc(-c2cccc([N+](=O)[O-])c2)cc(C2C=CC=C2)n1. The Kier molecular flexibility index (Phi) is 3.19. The molecular weight excluding hydrogens is 268 g/mol. The van der Waals surface area contributed by atoms with Crippen molar-refractivity contribution in [1.29, 1.82) is 0 Å². The van der Waals surface area contributed by atoms with E-state index in [9.17, 15) is 10.1 Å². The molecule has 104 valence electrons. The van der Waals surface area contributed by atoms with Crippen molar-refractivity contribution in [3.63, 3.8) is 0 Å². The monoisotopic (exact) mass is 280 g/mol. The third kappa shape index (κ3) is 2.64. The fourth-order valence-electron chi connectivity index (χ4n) is 2.21. The number of hydrogen-bond donors (Lipinski definition) is 1. The van der Waals surface area contributed by atoms with Crippen LogP contribution in [0.1, 0.15) is 11.6 Å². The minimum absolute atomic E-state index is 0.0203. The molecule has 2 N–H and O–H groups in total. The van der Waals surface area contributed by atoms with Gasteiger partial charge in [0.15, 0.2) is 0 Å². The topological polar surface area (TPSA) is 94.9 Å². The van der Waals surface area contributed by atoms with Crippen LogP contribution in [0.2, 0.25) is 0 Å². The fourth-order valence-corrected chi connectivity index (χ4v) is 2.21. The van der Waals surface area contributed by atoms with Gasteiger partial charge in [-0.3, -0.25) is 10.1 Å². The lowest BCUT2D eigenvalue weighted by Gasteiger charge is -2.08. The van der Waals surface area contributed by atoms with Gasteiger partial charge in [0.25, 0.3) is 5.69 Å². The van der Waals surface area contributed by atoms with Crippen LogP contribution in [0.25, 0.3) is 11.3 Å². The number of non-ortho nitro benzene ring substituents is 1. The second kappa shape index (κ2) is 5.16. The van der Waals surface area contributed by atoms with Crippen molar-refractivity contribution in [2.75, 3.05) is 5.73 Å².